The molecule has 0 spiro atoms. The van der Waals surface area contributed by atoms with Gasteiger partial charge < -0.3 is 19.7 Å². The Morgan fingerprint density at radius 1 is 0.600 bits per heavy atom. The van der Waals surface area contributed by atoms with Crippen LogP contribution in [0.5, 0.6) is 0 Å². The maximum absolute atomic E-state index is 12.6. The fourth-order valence-electron chi connectivity index (χ4n) is 3.60. The molecule has 4 atom stereocenters. The molecule has 30 heavy (non-hydrogen) atoms. The summed E-state index contributed by atoms with van der Waals surface area (Å²) in [5.41, 5.74) is 1.35. The molecule has 2 N–H and O–H groups in total. The molecule has 0 saturated heterocycles. The van der Waals surface area contributed by atoms with Gasteiger partial charge in [-0.3, -0.25) is 19.2 Å². The number of carboxylic acid groups (broad SMARTS) is 2. The van der Waals surface area contributed by atoms with E-state index in [-0.39, 0.29) is 13.2 Å². The molecule has 3 rings (SSSR count). The van der Waals surface area contributed by atoms with Gasteiger partial charge in [0.15, 0.2) is 0 Å². The van der Waals surface area contributed by atoms with Gasteiger partial charge in [0.1, 0.15) is 13.2 Å². The number of hydrogen-bond donors (Lipinski definition) is 2. The summed E-state index contributed by atoms with van der Waals surface area (Å²) in [6.07, 6.45) is 0. The standard InChI is InChI=1S/C22H20O8/c23-19(24)15-16(20(25)26)18(22(28)30-12-14-9-5-2-6-10-14)17(15)21(27)29-11-13-7-3-1-4-8-13/h1-10,15-18H,11-12H2,(H,23,24)(H,25,26)/t15-,16-,17-,18-/m0/s1. The molecular formula is C22H20O8. The van der Waals surface area contributed by atoms with Crippen LogP contribution >= 0.6 is 0 Å². The number of ether oxygens (including phenoxy) is 2. The van der Waals surface area contributed by atoms with Crippen LogP contribution < -0.4 is 0 Å². The van der Waals surface area contributed by atoms with Crippen LogP contribution in [0.4, 0.5) is 0 Å². The van der Waals surface area contributed by atoms with E-state index in [4.69, 9.17) is 9.47 Å². The Bertz CT molecular complexity index is 847. The van der Waals surface area contributed by atoms with Crippen LogP contribution in [0.3, 0.4) is 0 Å². The molecule has 8 nitrogen and oxygen atoms in total. The minimum atomic E-state index is -1.57. The summed E-state index contributed by atoms with van der Waals surface area (Å²) in [6.45, 7) is -0.238. The Morgan fingerprint density at radius 2 is 0.933 bits per heavy atom. The zero-order valence-electron chi connectivity index (χ0n) is 15.8. The van der Waals surface area contributed by atoms with Crippen LogP contribution in [0, 0.1) is 23.7 Å². The number of rotatable bonds is 8. The van der Waals surface area contributed by atoms with Gasteiger partial charge >= 0.3 is 23.9 Å². The normalized spacial score (nSPS) is 22.4. The molecule has 0 aromatic heterocycles. The molecule has 2 aromatic rings. The predicted octanol–water partition coefficient (Wildman–Crippen LogP) is 2.12. The van der Waals surface area contributed by atoms with Gasteiger partial charge in [0.05, 0.1) is 23.7 Å². The van der Waals surface area contributed by atoms with Crippen molar-refractivity contribution in [3.05, 3.63) is 71.8 Å². The highest BCUT2D eigenvalue weighted by molar-refractivity contribution is 5.96. The van der Waals surface area contributed by atoms with Crippen LogP contribution in [0.1, 0.15) is 11.1 Å². The summed E-state index contributed by atoms with van der Waals surface area (Å²) < 4.78 is 10.4. The van der Waals surface area contributed by atoms with E-state index in [1.165, 1.54) is 0 Å². The van der Waals surface area contributed by atoms with Crippen LogP contribution in [-0.2, 0) is 41.9 Å². The van der Waals surface area contributed by atoms with Gasteiger partial charge in [-0.05, 0) is 11.1 Å². The smallest absolute Gasteiger partial charge is 0.311 e. The van der Waals surface area contributed by atoms with Gasteiger partial charge in [0.2, 0.25) is 0 Å². The molecule has 1 saturated carbocycles. The Kier molecular flexibility index (Phi) is 6.46. The molecule has 156 valence electrons. The molecule has 0 amide bonds. The van der Waals surface area contributed by atoms with Crippen molar-refractivity contribution in [1.29, 1.82) is 0 Å². The van der Waals surface area contributed by atoms with E-state index in [1.807, 2.05) is 0 Å². The van der Waals surface area contributed by atoms with E-state index in [9.17, 15) is 29.4 Å². The number of aliphatic carboxylic acids is 2. The lowest BCUT2D eigenvalue weighted by Crippen LogP contribution is -2.60. The van der Waals surface area contributed by atoms with E-state index in [1.54, 1.807) is 60.7 Å². The average molecular weight is 412 g/mol. The maximum atomic E-state index is 12.6. The highest BCUT2D eigenvalue weighted by Gasteiger charge is 2.65. The lowest BCUT2D eigenvalue weighted by atomic mass is 9.56. The van der Waals surface area contributed by atoms with Crippen molar-refractivity contribution in [3.8, 4) is 0 Å². The molecule has 1 aliphatic carbocycles. The second kappa shape index (κ2) is 9.21. The van der Waals surface area contributed by atoms with E-state index < -0.39 is 47.5 Å². The molecule has 0 unspecified atom stereocenters. The van der Waals surface area contributed by atoms with Crippen molar-refractivity contribution in [2.45, 2.75) is 13.2 Å². The Labute approximate surface area is 172 Å². The number of esters is 2. The minimum Gasteiger partial charge on any atom is -0.481 e. The maximum Gasteiger partial charge on any atom is 0.311 e. The van der Waals surface area contributed by atoms with Gasteiger partial charge in [0.25, 0.3) is 0 Å². The lowest BCUT2D eigenvalue weighted by Gasteiger charge is -2.43. The summed E-state index contributed by atoms with van der Waals surface area (Å²) >= 11 is 0. The Morgan fingerprint density at radius 3 is 1.23 bits per heavy atom. The van der Waals surface area contributed by atoms with Crippen molar-refractivity contribution in [2.24, 2.45) is 23.7 Å². The quantitative estimate of drug-likeness (QED) is 0.631. The molecule has 1 fully saturated rings. The number of carbonyl (C=O) groups excluding carboxylic acids is 2. The molecule has 8 heteroatoms. The highest BCUT2D eigenvalue weighted by atomic mass is 16.5. The van der Waals surface area contributed by atoms with Gasteiger partial charge in [-0.15, -0.1) is 0 Å². The van der Waals surface area contributed by atoms with E-state index in [0.717, 1.165) is 0 Å². The highest BCUT2D eigenvalue weighted by Crippen LogP contribution is 2.48. The summed E-state index contributed by atoms with van der Waals surface area (Å²) in [6, 6.07) is 17.4. The molecular weight excluding hydrogens is 392 g/mol. The second-order valence-corrected chi connectivity index (χ2v) is 6.97. The summed E-state index contributed by atoms with van der Waals surface area (Å²) in [5.74, 6) is -10.8. The van der Waals surface area contributed by atoms with Gasteiger partial charge in [-0.1, -0.05) is 60.7 Å². The van der Waals surface area contributed by atoms with Gasteiger partial charge in [-0.2, -0.15) is 0 Å². The summed E-state index contributed by atoms with van der Waals surface area (Å²) in [5, 5.41) is 18.9. The van der Waals surface area contributed by atoms with Crippen LogP contribution in [0.15, 0.2) is 60.7 Å². The Balaban J connectivity index is 1.74. The topological polar surface area (TPSA) is 127 Å². The predicted molar refractivity (Wildman–Crippen MR) is 102 cm³/mol. The third-order valence-corrected chi connectivity index (χ3v) is 5.11. The first kappa shape index (κ1) is 21.0. The molecule has 2 aromatic carbocycles. The van der Waals surface area contributed by atoms with Crippen molar-refractivity contribution < 1.29 is 38.9 Å². The number of benzene rings is 2. The zero-order chi connectivity index (χ0) is 21.7. The van der Waals surface area contributed by atoms with E-state index in [2.05, 4.69) is 0 Å². The number of carbonyl (C=O) groups is 4. The van der Waals surface area contributed by atoms with Gasteiger partial charge in [0, 0.05) is 0 Å². The van der Waals surface area contributed by atoms with Crippen molar-refractivity contribution in [2.75, 3.05) is 0 Å². The van der Waals surface area contributed by atoms with Crippen LogP contribution in [0.25, 0.3) is 0 Å². The molecule has 0 aliphatic heterocycles. The molecule has 0 bridgehead atoms. The lowest BCUT2D eigenvalue weighted by molar-refractivity contribution is -0.197. The fraction of sp³-hybridized carbons (Fsp3) is 0.273. The largest absolute Gasteiger partial charge is 0.481 e. The number of hydrogen-bond acceptors (Lipinski definition) is 6. The third kappa shape index (κ3) is 4.48. The first-order valence-corrected chi connectivity index (χ1v) is 9.27. The molecule has 1 aliphatic rings. The molecule has 0 heterocycles. The minimum absolute atomic E-state index is 0.119. The van der Waals surface area contributed by atoms with Gasteiger partial charge in [-0.25, -0.2) is 0 Å². The van der Waals surface area contributed by atoms with E-state index >= 15 is 0 Å². The Hall–Kier alpha value is -3.68. The first-order valence-electron chi connectivity index (χ1n) is 9.27. The van der Waals surface area contributed by atoms with Crippen molar-refractivity contribution >= 4 is 23.9 Å². The zero-order valence-corrected chi connectivity index (χ0v) is 15.8. The summed E-state index contributed by atoms with van der Waals surface area (Å²) in [4.78, 5) is 48.4. The summed E-state index contributed by atoms with van der Waals surface area (Å²) in [7, 11) is 0. The average Bonchev–Trinajstić information content (AvgIpc) is 2.71. The van der Waals surface area contributed by atoms with Crippen molar-refractivity contribution in [3.63, 3.8) is 0 Å². The monoisotopic (exact) mass is 412 g/mol. The second-order valence-electron chi connectivity index (χ2n) is 6.97. The molecule has 0 radical (unpaired) electrons. The van der Waals surface area contributed by atoms with Crippen LogP contribution in [0.2, 0.25) is 0 Å². The SMILES string of the molecule is O=C(O)[C@H]1[C@H](C(=O)O)[C@H](C(=O)OCc2ccccc2)[C@H]1C(=O)OCc1ccccc1. The number of carboxylic acids is 2. The fourth-order valence-corrected chi connectivity index (χ4v) is 3.60. The van der Waals surface area contributed by atoms with Crippen molar-refractivity contribution in [1.82, 2.24) is 0 Å². The third-order valence-electron chi connectivity index (χ3n) is 5.11. The first-order chi connectivity index (χ1) is 14.4. The van der Waals surface area contributed by atoms with E-state index in [0.29, 0.717) is 11.1 Å². The van der Waals surface area contributed by atoms with Crippen LogP contribution in [-0.4, -0.2) is 34.1 Å².